The highest BCUT2D eigenvalue weighted by molar-refractivity contribution is 9.10. The van der Waals surface area contributed by atoms with Gasteiger partial charge >= 0.3 is 0 Å². The predicted molar refractivity (Wildman–Crippen MR) is 59.1 cm³/mol. The molecule has 4 heteroatoms. The average Bonchev–Trinajstić information content (AvgIpc) is 1.99. The number of aliphatic imine (C=N–C) groups is 1. The van der Waals surface area contributed by atoms with Gasteiger partial charge in [-0.1, -0.05) is 22.0 Å². The van der Waals surface area contributed by atoms with Crippen molar-refractivity contribution in [3.05, 3.63) is 27.7 Å². The summed E-state index contributed by atoms with van der Waals surface area (Å²) in [6, 6.07) is 3.94. The van der Waals surface area contributed by atoms with Crippen molar-refractivity contribution in [3.8, 4) is 0 Å². The molecule has 0 heterocycles. The molecule has 1 aromatic rings. The lowest BCUT2D eigenvalue weighted by Gasteiger charge is -2.04. The maximum atomic E-state index is 5.29. The molecule has 4 N–H and O–H groups in total. The third kappa shape index (κ3) is 2.45. The van der Waals surface area contributed by atoms with Gasteiger partial charge in [0, 0.05) is 4.47 Å². The molecule has 0 saturated carbocycles. The lowest BCUT2D eigenvalue weighted by molar-refractivity contribution is 1.31. The molecule has 13 heavy (non-hydrogen) atoms. The molecule has 0 unspecified atom stereocenters. The molecule has 0 radical (unpaired) electrons. The van der Waals surface area contributed by atoms with Gasteiger partial charge in [0.2, 0.25) is 0 Å². The van der Waals surface area contributed by atoms with E-state index in [0.717, 1.165) is 15.7 Å². The van der Waals surface area contributed by atoms with Crippen LogP contribution in [0.4, 0.5) is 5.69 Å². The number of benzene rings is 1. The quantitative estimate of drug-likeness (QED) is 0.584. The summed E-state index contributed by atoms with van der Waals surface area (Å²) >= 11 is 3.42. The van der Waals surface area contributed by atoms with Crippen molar-refractivity contribution in [2.45, 2.75) is 13.8 Å². The Morgan fingerprint density at radius 1 is 1.23 bits per heavy atom. The largest absolute Gasteiger partial charge is 0.370 e. The van der Waals surface area contributed by atoms with Crippen molar-refractivity contribution in [1.29, 1.82) is 0 Å². The second-order valence-electron chi connectivity index (χ2n) is 2.92. The zero-order valence-corrected chi connectivity index (χ0v) is 9.22. The number of hydrogen-bond acceptors (Lipinski definition) is 1. The lowest BCUT2D eigenvalue weighted by atomic mass is 10.1. The molecule has 0 aliphatic rings. The molecule has 0 aliphatic heterocycles. The Labute approximate surface area is 86.0 Å². The summed E-state index contributed by atoms with van der Waals surface area (Å²) in [6.45, 7) is 4.00. The van der Waals surface area contributed by atoms with Crippen LogP contribution < -0.4 is 11.5 Å². The smallest absolute Gasteiger partial charge is 0.191 e. The fraction of sp³-hybridized carbons (Fsp3) is 0.222. The third-order valence-corrected chi connectivity index (χ3v) is 2.58. The molecule has 70 valence electrons. The second-order valence-corrected chi connectivity index (χ2v) is 3.78. The van der Waals surface area contributed by atoms with Gasteiger partial charge in [0.1, 0.15) is 0 Å². The topological polar surface area (TPSA) is 64.4 Å². The summed E-state index contributed by atoms with van der Waals surface area (Å²) in [5.41, 5.74) is 13.6. The number of aryl methyl sites for hydroxylation is 2. The highest BCUT2D eigenvalue weighted by Crippen LogP contribution is 2.26. The third-order valence-electron chi connectivity index (χ3n) is 1.73. The van der Waals surface area contributed by atoms with Crippen LogP contribution in [0.15, 0.2) is 21.6 Å². The van der Waals surface area contributed by atoms with Crippen LogP contribution in [0.1, 0.15) is 11.1 Å². The molecule has 1 rings (SSSR count). The Balaban J connectivity index is 3.24. The first-order valence-corrected chi connectivity index (χ1v) is 4.66. The fourth-order valence-electron chi connectivity index (χ4n) is 1.07. The van der Waals surface area contributed by atoms with Crippen LogP contribution in [0, 0.1) is 13.8 Å². The number of halogens is 1. The Morgan fingerprint density at radius 3 is 2.38 bits per heavy atom. The van der Waals surface area contributed by atoms with Crippen LogP contribution in [0.3, 0.4) is 0 Å². The lowest BCUT2D eigenvalue weighted by Crippen LogP contribution is -2.22. The Hall–Kier alpha value is -1.03. The van der Waals surface area contributed by atoms with Crippen LogP contribution in [0.5, 0.6) is 0 Å². The summed E-state index contributed by atoms with van der Waals surface area (Å²) in [6.07, 6.45) is 0. The highest BCUT2D eigenvalue weighted by Gasteiger charge is 2.01. The average molecular weight is 242 g/mol. The van der Waals surface area contributed by atoms with Crippen LogP contribution >= 0.6 is 15.9 Å². The molecule has 0 amide bonds. The Morgan fingerprint density at radius 2 is 1.85 bits per heavy atom. The molecular weight excluding hydrogens is 230 g/mol. The fourth-order valence-corrected chi connectivity index (χ4v) is 1.41. The summed E-state index contributed by atoms with van der Waals surface area (Å²) in [5, 5.41) is 0. The Kier molecular flexibility index (Phi) is 2.93. The van der Waals surface area contributed by atoms with E-state index in [1.807, 2.05) is 26.0 Å². The first-order valence-electron chi connectivity index (χ1n) is 3.87. The zero-order chi connectivity index (χ0) is 10.0. The first kappa shape index (κ1) is 10.1. The molecule has 0 bridgehead atoms. The van der Waals surface area contributed by atoms with Crippen molar-refractivity contribution in [3.63, 3.8) is 0 Å². The van der Waals surface area contributed by atoms with Gasteiger partial charge in [-0.15, -0.1) is 0 Å². The number of rotatable bonds is 1. The van der Waals surface area contributed by atoms with Crippen molar-refractivity contribution in [1.82, 2.24) is 0 Å². The molecule has 0 spiro atoms. The van der Waals surface area contributed by atoms with Crippen molar-refractivity contribution >= 4 is 27.6 Å². The number of hydrogen-bond donors (Lipinski definition) is 2. The van der Waals surface area contributed by atoms with Crippen LogP contribution in [0.2, 0.25) is 0 Å². The van der Waals surface area contributed by atoms with E-state index in [1.165, 1.54) is 5.56 Å². The maximum absolute atomic E-state index is 5.29. The molecule has 0 saturated heterocycles. The maximum Gasteiger partial charge on any atom is 0.191 e. The SMILES string of the molecule is Cc1cc(C)c(N=C(N)N)cc1Br. The molecule has 0 atom stereocenters. The van der Waals surface area contributed by atoms with Gasteiger partial charge in [-0.05, 0) is 31.0 Å². The zero-order valence-electron chi connectivity index (χ0n) is 7.63. The summed E-state index contributed by atoms with van der Waals surface area (Å²) in [5.74, 6) is 0.0823. The number of nitrogens with two attached hydrogens (primary N) is 2. The van der Waals surface area contributed by atoms with Gasteiger partial charge < -0.3 is 11.5 Å². The minimum Gasteiger partial charge on any atom is -0.370 e. The van der Waals surface area contributed by atoms with E-state index in [-0.39, 0.29) is 5.96 Å². The normalized spacial score (nSPS) is 9.77. The minimum atomic E-state index is 0.0823. The van der Waals surface area contributed by atoms with E-state index in [0.29, 0.717) is 0 Å². The predicted octanol–water partition coefficient (Wildman–Crippen LogP) is 1.97. The first-order chi connectivity index (χ1) is 6.00. The van der Waals surface area contributed by atoms with E-state index in [9.17, 15) is 0 Å². The van der Waals surface area contributed by atoms with Gasteiger partial charge in [-0.2, -0.15) is 0 Å². The van der Waals surface area contributed by atoms with E-state index < -0.39 is 0 Å². The van der Waals surface area contributed by atoms with E-state index in [1.54, 1.807) is 0 Å². The van der Waals surface area contributed by atoms with Crippen LogP contribution in [-0.4, -0.2) is 5.96 Å². The van der Waals surface area contributed by atoms with Gasteiger partial charge in [-0.3, -0.25) is 0 Å². The van der Waals surface area contributed by atoms with Gasteiger partial charge in [0.05, 0.1) is 5.69 Å². The summed E-state index contributed by atoms with van der Waals surface area (Å²) in [4.78, 5) is 4.00. The van der Waals surface area contributed by atoms with Crippen molar-refractivity contribution in [2.24, 2.45) is 16.5 Å². The molecule has 0 fully saturated rings. The molecular formula is C9H12BrN3. The molecule has 0 aliphatic carbocycles. The van der Waals surface area contributed by atoms with Crippen molar-refractivity contribution < 1.29 is 0 Å². The van der Waals surface area contributed by atoms with Crippen LogP contribution in [0.25, 0.3) is 0 Å². The standard InChI is InChI=1S/C9H12BrN3/c1-5-3-6(2)8(4-7(5)10)13-9(11)12/h3-4H,1-2H3,(H4,11,12,13). The minimum absolute atomic E-state index is 0.0823. The highest BCUT2D eigenvalue weighted by atomic mass is 79.9. The molecule has 0 aromatic heterocycles. The summed E-state index contributed by atoms with van der Waals surface area (Å²) in [7, 11) is 0. The number of guanidine groups is 1. The monoisotopic (exact) mass is 241 g/mol. The van der Waals surface area contributed by atoms with Gasteiger partial charge in [0.15, 0.2) is 5.96 Å². The second kappa shape index (κ2) is 3.79. The molecule has 1 aromatic carbocycles. The Bertz CT molecular complexity index is 354. The van der Waals surface area contributed by atoms with E-state index in [4.69, 9.17) is 11.5 Å². The van der Waals surface area contributed by atoms with E-state index >= 15 is 0 Å². The van der Waals surface area contributed by atoms with Crippen LogP contribution in [-0.2, 0) is 0 Å². The number of nitrogens with zero attached hydrogens (tertiary/aromatic N) is 1. The van der Waals surface area contributed by atoms with Gasteiger partial charge in [0.25, 0.3) is 0 Å². The van der Waals surface area contributed by atoms with Crippen molar-refractivity contribution in [2.75, 3.05) is 0 Å². The molecule has 3 nitrogen and oxygen atoms in total. The van der Waals surface area contributed by atoms with E-state index in [2.05, 4.69) is 20.9 Å². The summed E-state index contributed by atoms with van der Waals surface area (Å²) < 4.78 is 1.01. The van der Waals surface area contributed by atoms with Gasteiger partial charge in [-0.25, -0.2) is 4.99 Å².